The molecule has 3 N–H and O–H groups in total. The predicted molar refractivity (Wildman–Crippen MR) is 55.8 cm³/mol. The van der Waals surface area contributed by atoms with Crippen molar-refractivity contribution >= 4 is 11.9 Å². The van der Waals surface area contributed by atoms with Crippen LogP contribution in [-0.2, 0) is 9.53 Å². The first-order chi connectivity index (χ1) is 7.91. The van der Waals surface area contributed by atoms with E-state index >= 15 is 0 Å². The summed E-state index contributed by atoms with van der Waals surface area (Å²) in [5.74, 6) is -0.705. The average molecular weight is 244 g/mol. The lowest BCUT2D eigenvalue weighted by Gasteiger charge is -2.35. The minimum absolute atomic E-state index is 0.172. The number of hydrogen-bond donors (Lipinski definition) is 3. The van der Waals surface area contributed by atoms with Gasteiger partial charge < -0.3 is 14.9 Å². The standard InChI is InChI=1S/C10H16N2O5/c1-4-3-12(10(16)11-8(4)15)9-7(14)6(13)5(2)17-9/h4-7,9,13-14H,3H2,1-2H3,(H,11,15,16). The maximum Gasteiger partial charge on any atom is 0.326 e. The molecule has 2 saturated heterocycles. The van der Waals surface area contributed by atoms with Crippen LogP contribution in [0.1, 0.15) is 13.8 Å². The summed E-state index contributed by atoms with van der Waals surface area (Å²) in [6.07, 6.45) is -3.64. The van der Waals surface area contributed by atoms with Crippen LogP contribution in [0.2, 0.25) is 0 Å². The van der Waals surface area contributed by atoms with Crippen molar-refractivity contribution < 1.29 is 24.5 Å². The minimum Gasteiger partial charge on any atom is -0.388 e. The molecular formula is C10H16N2O5. The fourth-order valence-corrected chi connectivity index (χ4v) is 2.07. The van der Waals surface area contributed by atoms with E-state index in [0.717, 1.165) is 0 Å². The van der Waals surface area contributed by atoms with Crippen molar-refractivity contribution in [1.29, 1.82) is 0 Å². The van der Waals surface area contributed by atoms with Crippen LogP contribution in [0.3, 0.4) is 0 Å². The fourth-order valence-electron chi connectivity index (χ4n) is 2.07. The lowest BCUT2D eigenvalue weighted by Crippen LogP contribution is -2.59. The second-order valence-electron chi connectivity index (χ2n) is 4.56. The number of carbonyl (C=O) groups excluding carboxylic acids is 2. The van der Waals surface area contributed by atoms with E-state index in [-0.39, 0.29) is 18.4 Å². The molecule has 3 amide bonds. The Morgan fingerprint density at radius 3 is 2.47 bits per heavy atom. The van der Waals surface area contributed by atoms with Gasteiger partial charge in [-0.15, -0.1) is 0 Å². The number of rotatable bonds is 1. The number of imide groups is 1. The highest BCUT2D eigenvalue weighted by Crippen LogP contribution is 2.25. The van der Waals surface area contributed by atoms with Crippen molar-refractivity contribution in [2.75, 3.05) is 6.54 Å². The first kappa shape index (κ1) is 12.3. The second-order valence-corrected chi connectivity index (χ2v) is 4.56. The van der Waals surface area contributed by atoms with Crippen molar-refractivity contribution in [3.8, 4) is 0 Å². The molecule has 0 saturated carbocycles. The molecule has 96 valence electrons. The van der Waals surface area contributed by atoms with E-state index in [1.54, 1.807) is 13.8 Å². The van der Waals surface area contributed by atoms with Gasteiger partial charge in [-0.3, -0.25) is 15.0 Å². The summed E-state index contributed by atoms with van der Waals surface area (Å²) >= 11 is 0. The maximum absolute atomic E-state index is 11.6. The first-order valence-electron chi connectivity index (χ1n) is 5.55. The van der Waals surface area contributed by atoms with Crippen LogP contribution in [0.25, 0.3) is 0 Å². The molecule has 0 aliphatic carbocycles. The third kappa shape index (κ3) is 2.01. The summed E-state index contributed by atoms with van der Waals surface area (Å²) in [5.41, 5.74) is 0. The van der Waals surface area contributed by atoms with Crippen LogP contribution in [0.4, 0.5) is 4.79 Å². The number of aliphatic hydroxyl groups excluding tert-OH is 2. The SMILES string of the molecule is CC1CN(C2OC(C)C(O)C2O)C(=O)NC1=O. The number of nitrogens with zero attached hydrogens (tertiary/aromatic N) is 1. The normalized spacial score (nSPS) is 42.8. The van der Waals surface area contributed by atoms with Crippen LogP contribution in [-0.4, -0.2) is 58.1 Å². The van der Waals surface area contributed by atoms with Crippen LogP contribution < -0.4 is 5.32 Å². The zero-order valence-electron chi connectivity index (χ0n) is 9.66. The number of amides is 3. The summed E-state index contributed by atoms with van der Waals surface area (Å²) < 4.78 is 5.33. The molecule has 0 aromatic carbocycles. The van der Waals surface area contributed by atoms with Gasteiger partial charge in [-0.25, -0.2) is 4.79 Å². The Morgan fingerprint density at radius 2 is 1.94 bits per heavy atom. The number of urea groups is 1. The number of aliphatic hydroxyl groups is 2. The maximum atomic E-state index is 11.6. The Kier molecular flexibility index (Phi) is 3.07. The van der Waals surface area contributed by atoms with Crippen LogP contribution >= 0.6 is 0 Å². The average Bonchev–Trinajstić information content (AvgIpc) is 2.51. The number of nitrogens with one attached hydrogen (secondary N) is 1. The molecule has 2 rings (SSSR count). The van der Waals surface area contributed by atoms with Crippen LogP contribution in [0.5, 0.6) is 0 Å². The first-order valence-corrected chi connectivity index (χ1v) is 5.55. The molecule has 7 nitrogen and oxygen atoms in total. The summed E-state index contributed by atoms with van der Waals surface area (Å²) in [4.78, 5) is 24.1. The molecule has 0 aromatic rings. The largest absolute Gasteiger partial charge is 0.388 e. The number of hydrogen-bond acceptors (Lipinski definition) is 5. The van der Waals surface area contributed by atoms with Gasteiger partial charge in [-0.1, -0.05) is 6.92 Å². The molecular weight excluding hydrogens is 228 g/mol. The van der Waals surface area contributed by atoms with Gasteiger partial charge >= 0.3 is 6.03 Å². The molecule has 5 atom stereocenters. The monoisotopic (exact) mass is 244 g/mol. The smallest absolute Gasteiger partial charge is 0.326 e. The van der Waals surface area contributed by atoms with E-state index < -0.39 is 30.6 Å². The summed E-state index contributed by atoms with van der Waals surface area (Å²) in [5, 5.41) is 21.5. The molecule has 17 heavy (non-hydrogen) atoms. The summed E-state index contributed by atoms with van der Waals surface area (Å²) in [7, 11) is 0. The third-order valence-corrected chi connectivity index (χ3v) is 3.19. The van der Waals surface area contributed by atoms with Gasteiger partial charge in [0.15, 0.2) is 6.23 Å². The van der Waals surface area contributed by atoms with Crippen molar-refractivity contribution in [3.63, 3.8) is 0 Å². The molecule has 2 aliphatic rings. The Hall–Kier alpha value is -1.18. The van der Waals surface area contributed by atoms with Gasteiger partial charge in [0, 0.05) is 6.54 Å². The lowest BCUT2D eigenvalue weighted by atomic mass is 10.1. The van der Waals surface area contributed by atoms with Gasteiger partial charge in [-0.2, -0.15) is 0 Å². The van der Waals surface area contributed by atoms with Gasteiger partial charge in [0.25, 0.3) is 0 Å². The molecule has 2 fully saturated rings. The predicted octanol–water partition coefficient (Wildman–Crippen LogP) is -1.36. The molecule has 2 heterocycles. The summed E-state index contributed by atoms with van der Waals surface area (Å²) in [6.45, 7) is 3.46. The van der Waals surface area contributed by atoms with E-state index in [1.807, 2.05) is 0 Å². The highest BCUT2D eigenvalue weighted by Gasteiger charge is 2.47. The van der Waals surface area contributed by atoms with Crippen molar-refractivity contribution in [2.24, 2.45) is 5.92 Å². The Morgan fingerprint density at radius 1 is 1.29 bits per heavy atom. The molecule has 0 bridgehead atoms. The number of carbonyl (C=O) groups is 2. The Bertz CT molecular complexity index is 348. The van der Waals surface area contributed by atoms with Gasteiger partial charge in [0.05, 0.1) is 12.0 Å². The lowest BCUT2D eigenvalue weighted by molar-refractivity contribution is -0.129. The molecule has 0 radical (unpaired) electrons. The quantitative estimate of drug-likeness (QED) is 0.529. The van der Waals surface area contributed by atoms with E-state index in [1.165, 1.54) is 4.90 Å². The Balaban J connectivity index is 2.12. The van der Waals surface area contributed by atoms with Crippen LogP contribution in [0, 0.1) is 5.92 Å². The van der Waals surface area contributed by atoms with Crippen molar-refractivity contribution in [2.45, 2.75) is 38.4 Å². The zero-order chi connectivity index (χ0) is 12.7. The van der Waals surface area contributed by atoms with Crippen LogP contribution in [0.15, 0.2) is 0 Å². The molecule has 0 aromatic heterocycles. The molecule has 2 aliphatic heterocycles. The third-order valence-electron chi connectivity index (χ3n) is 3.19. The van der Waals surface area contributed by atoms with E-state index in [0.29, 0.717) is 0 Å². The molecule has 5 unspecified atom stereocenters. The molecule has 0 spiro atoms. The van der Waals surface area contributed by atoms with E-state index in [4.69, 9.17) is 4.74 Å². The van der Waals surface area contributed by atoms with Crippen molar-refractivity contribution in [1.82, 2.24) is 10.2 Å². The molecule has 7 heteroatoms. The minimum atomic E-state index is -1.16. The highest BCUT2D eigenvalue weighted by atomic mass is 16.6. The zero-order valence-corrected chi connectivity index (χ0v) is 9.66. The highest BCUT2D eigenvalue weighted by molar-refractivity contribution is 5.97. The topological polar surface area (TPSA) is 99.1 Å². The second kappa shape index (κ2) is 4.25. The van der Waals surface area contributed by atoms with Gasteiger partial charge in [-0.05, 0) is 6.92 Å². The Labute approximate surface area is 98.3 Å². The van der Waals surface area contributed by atoms with Gasteiger partial charge in [0.2, 0.25) is 5.91 Å². The van der Waals surface area contributed by atoms with Crippen molar-refractivity contribution in [3.05, 3.63) is 0 Å². The van der Waals surface area contributed by atoms with E-state index in [2.05, 4.69) is 5.32 Å². The van der Waals surface area contributed by atoms with Gasteiger partial charge in [0.1, 0.15) is 12.2 Å². The number of ether oxygens (including phenoxy) is 1. The fraction of sp³-hybridized carbons (Fsp3) is 0.800. The summed E-state index contributed by atoms with van der Waals surface area (Å²) in [6, 6.07) is -0.599. The van der Waals surface area contributed by atoms with E-state index in [9.17, 15) is 19.8 Å².